The standard InChI is InChI=1S/C15H19N5/c1-20(11-13-3-2-8-17-13)15-5-4-14(18-19-15)12-6-9-16-10-7-12/h4-7,9-10,13,17H,2-3,8,11H2,1H3. The van der Waals surface area contributed by atoms with Crippen LogP contribution in [0.25, 0.3) is 11.3 Å². The third kappa shape index (κ3) is 2.93. The van der Waals surface area contributed by atoms with E-state index in [2.05, 4.69) is 32.4 Å². The van der Waals surface area contributed by atoms with Gasteiger partial charge >= 0.3 is 0 Å². The predicted molar refractivity (Wildman–Crippen MR) is 79.6 cm³/mol. The number of likely N-dealkylation sites (N-methyl/N-ethyl adjacent to an activating group) is 1. The van der Waals surface area contributed by atoms with Gasteiger partial charge in [0.15, 0.2) is 5.82 Å². The molecule has 0 bridgehead atoms. The van der Waals surface area contributed by atoms with Crippen LogP contribution >= 0.6 is 0 Å². The molecule has 5 nitrogen and oxygen atoms in total. The van der Waals surface area contributed by atoms with Crippen LogP contribution in [0.5, 0.6) is 0 Å². The van der Waals surface area contributed by atoms with E-state index in [4.69, 9.17) is 0 Å². The van der Waals surface area contributed by atoms with E-state index in [-0.39, 0.29) is 0 Å². The van der Waals surface area contributed by atoms with Crippen molar-refractivity contribution < 1.29 is 0 Å². The number of nitrogens with one attached hydrogen (secondary N) is 1. The zero-order valence-electron chi connectivity index (χ0n) is 11.7. The minimum absolute atomic E-state index is 0.571. The molecule has 2 aromatic heterocycles. The van der Waals surface area contributed by atoms with Crippen molar-refractivity contribution in [2.45, 2.75) is 18.9 Å². The number of rotatable bonds is 4. The van der Waals surface area contributed by atoms with Gasteiger partial charge in [0.05, 0.1) is 5.69 Å². The van der Waals surface area contributed by atoms with Gasteiger partial charge in [-0.2, -0.15) is 0 Å². The zero-order chi connectivity index (χ0) is 13.8. The first-order valence-electron chi connectivity index (χ1n) is 7.01. The van der Waals surface area contributed by atoms with Crippen molar-refractivity contribution >= 4 is 5.82 Å². The van der Waals surface area contributed by atoms with Gasteiger partial charge in [0.25, 0.3) is 0 Å². The second-order valence-corrected chi connectivity index (χ2v) is 5.19. The van der Waals surface area contributed by atoms with Gasteiger partial charge in [-0.3, -0.25) is 4.98 Å². The summed E-state index contributed by atoms with van der Waals surface area (Å²) in [6.45, 7) is 2.11. The Kier molecular flexibility index (Phi) is 3.87. The molecule has 1 N–H and O–H groups in total. The predicted octanol–water partition coefficient (Wildman–Crippen LogP) is 1.73. The van der Waals surface area contributed by atoms with E-state index in [1.54, 1.807) is 12.4 Å². The average Bonchev–Trinajstić information content (AvgIpc) is 3.01. The molecule has 3 rings (SSSR count). The quantitative estimate of drug-likeness (QED) is 0.916. The van der Waals surface area contributed by atoms with E-state index in [1.807, 2.05) is 24.3 Å². The first-order valence-corrected chi connectivity index (χ1v) is 7.01. The van der Waals surface area contributed by atoms with E-state index in [0.717, 1.165) is 30.2 Å². The molecule has 0 aromatic carbocycles. The Bertz CT molecular complexity index is 534. The molecular formula is C15H19N5. The largest absolute Gasteiger partial charge is 0.357 e. The van der Waals surface area contributed by atoms with Crippen LogP contribution < -0.4 is 10.2 Å². The lowest BCUT2D eigenvalue weighted by molar-refractivity contribution is 0.596. The molecule has 0 aliphatic carbocycles. The Hall–Kier alpha value is -2.01. The fraction of sp³-hybridized carbons (Fsp3) is 0.400. The molecule has 3 heterocycles. The van der Waals surface area contributed by atoms with Gasteiger partial charge in [0.1, 0.15) is 0 Å². The summed E-state index contributed by atoms with van der Waals surface area (Å²) in [5, 5.41) is 12.1. The number of nitrogens with zero attached hydrogens (tertiary/aromatic N) is 4. The molecule has 0 spiro atoms. The lowest BCUT2D eigenvalue weighted by Crippen LogP contribution is -2.35. The monoisotopic (exact) mass is 269 g/mol. The molecule has 1 aliphatic heterocycles. The Morgan fingerprint density at radius 1 is 1.20 bits per heavy atom. The summed E-state index contributed by atoms with van der Waals surface area (Å²) in [6.07, 6.45) is 6.05. The average molecular weight is 269 g/mol. The minimum atomic E-state index is 0.571. The van der Waals surface area contributed by atoms with Crippen LogP contribution in [-0.4, -0.2) is 41.4 Å². The van der Waals surface area contributed by atoms with Gasteiger partial charge in [-0.25, -0.2) is 0 Å². The molecule has 1 atom stereocenters. The second kappa shape index (κ2) is 5.96. The number of hydrogen-bond acceptors (Lipinski definition) is 5. The maximum atomic E-state index is 4.32. The highest BCUT2D eigenvalue weighted by Crippen LogP contribution is 2.17. The second-order valence-electron chi connectivity index (χ2n) is 5.19. The zero-order valence-corrected chi connectivity index (χ0v) is 11.7. The lowest BCUT2D eigenvalue weighted by Gasteiger charge is -2.21. The third-order valence-corrected chi connectivity index (χ3v) is 3.67. The third-order valence-electron chi connectivity index (χ3n) is 3.67. The highest BCUT2D eigenvalue weighted by Gasteiger charge is 2.16. The Balaban J connectivity index is 1.69. The Morgan fingerprint density at radius 2 is 2.05 bits per heavy atom. The smallest absolute Gasteiger partial charge is 0.151 e. The van der Waals surface area contributed by atoms with Gasteiger partial charge in [0.2, 0.25) is 0 Å². The minimum Gasteiger partial charge on any atom is -0.357 e. The lowest BCUT2D eigenvalue weighted by atomic mass is 10.2. The summed E-state index contributed by atoms with van der Waals surface area (Å²) < 4.78 is 0. The fourth-order valence-electron chi connectivity index (χ4n) is 2.54. The van der Waals surface area contributed by atoms with Crippen molar-refractivity contribution in [1.82, 2.24) is 20.5 Å². The molecule has 2 aromatic rings. The summed E-state index contributed by atoms with van der Waals surface area (Å²) >= 11 is 0. The molecule has 1 aliphatic rings. The van der Waals surface area contributed by atoms with E-state index in [1.165, 1.54) is 12.8 Å². The first-order chi connectivity index (χ1) is 9.83. The molecule has 1 saturated heterocycles. The maximum absolute atomic E-state index is 4.32. The van der Waals surface area contributed by atoms with Crippen molar-refractivity contribution in [2.24, 2.45) is 0 Å². The summed E-state index contributed by atoms with van der Waals surface area (Å²) in [4.78, 5) is 6.17. The molecule has 5 heteroatoms. The van der Waals surface area contributed by atoms with E-state index in [0.29, 0.717) is 6.04 Å². The summed E-state index contributed by atoms with van der Waals surface area (Å²) in [5.74, 6) is 0.913. The Morgan fingerprint density at radius 3 is 2.70 bits per heavy atom. The van der Waals surface area contributed by atoms with Crippen LogP contribution in [0, 0.1) is 0 Å². The summed E-state index contributed by atoms with van der Waals surface area (Å²) in [7, 11) is 2.07. The molecule has 1 unspecified atom stereocenters. The van der Waals surface area contributed by atoms with Crippen molar-refractivity contribution in [1.29, 1.82) is 0 Å². The number of aromatic nitrogens is 3. The molecule has 20 heavy (non-hydrogen) atoms. The highest BCUT2D eigenvalue weighted by molar-refractivity contribution is 5.58. The van der Waals surface area contributed by atoms with Gasteiger partial charge < -0.3 is 10.2 Å². The van der Waals surface area contributed by atoms with Crippen LogP contribution in [0.1, 0.15) is 12.8 Å². The fourth-order valence-corrected chi connectivity index (χ4v) is 2.54. The molecule has 0 amide bonds. The van der Waals surface area contributed by atoms with Gasteiger partial charge in [-0.1, -0.05) is 0 Å². The molecule has 0 radical (unpaired) electrons. The van der Waals surface area contributed by atoms with Crippen LogP contribution in [0.2, 0.25) is 0 Å². The first kappa shape index (κ1) is 13.0. The molecule has 104 valence electrons. The summed E-state index contributed by atoms with van der Waals surface area (Å²) in [6, 6.07) is 8.49. The highest BCUT2D eigenvalue weighted by atomic mass is 15.3. The van der Waals surface area contributed by atoms with Crippen molar-refractivity contribution in [3.63, 3.8) is 0 Å². The van der Waals surface area contributed by atoms with Crippen LogP contribution in [0.4, 0.5) is 5.82 Å². The van der Waals surface area contributed by atoms with E-state index < -0.39 is 0 Å². The Labute approximate surface area is 119 Å². The normalized spacial score (nSPS) is 18.1. The van der Waals surface area contributed by atoms with Crippen LogP contribution in [0.3, 0.4) is 0 Å². The van der Waals surface area contributed by atoms with Crippen LogP contribution in [-0.2, 0) is 0 Å². The molecular weight excluding hydrogens is 250 g/mol. The van der Waals surface area contributed by atoms with E-state index in [9.17, 15) is 0 Å². The number of pyridine rings is 1. The maximum Gasteiger partial charge on any atom is 0.151 e. The summed E-state index contributed by atoms with van der Waals surface area (Å²) in [5.41, 5.74) is 1.92. The number of anilines is 1. The van der Waals surface area contributed by atoms with Crippen molar-refractivity contribution in [2.75, 3.05) is 25.0 Å². The number of hydrogen-bond donors (Lipinski definition) is 1. The molecule has 0 saturated carbocycles. The van der Waals surface area contributed by atoms with Gasteiger partial charge in [-0.15, -0.1) is 10.2 Å². The van der Waals surface area contributed by atoms with Gasteiger partial charge in [0, 0.05) is 37.6 Å². The SMILES string of the molecule is CN(CC1CCCN1)c1ccc(-c2ccncc2)nn1. The van der Waals surface area contributed by atoms with Crippen molar-refractivity contribution in [3.05, 3.63) is 36.7 Å². The topological polar surface area (TPSA) is 53.9 Å². The van der Waals surface area contributed by atoms with Crippen LogP contribution in [0.15, 0.2) is 36.7 Å². The van der Waals surface area contributed by atoms with Crippen molar-refractivity contribution in [3.8, 4) is 11.3 Å². The van der Waals surface area contributed by atoms with Gasteiger partial charge in [-0.05, 0) is 43.7 Å². The molecule has 1 fully saturated rings. The van der Waals surface area contributed by atoms with E-state index >= 15 is 0 Å².